The van der Waals surface area contributed by atoms with Crippen LogP contribution < -0.4 is 4.74 Å². The number of aliphatic carboxylic acids is 1. The fraction of sp³-hybridized carbons (Fsp3) is 0.312. The third-order valence-electron chi connectivity index (χ3n) is 4.04. The lowest BCUT2D eigenvalue weighted by atomic mass is 9.89. The van der Waals surface area contributed by atoms with Crippen molar-refractivity contribution in [2.75, 3.05) is 7.11 Å². The molecule has 1 fully saturated rings. The number of hydrogen-bond acceptors (Lipinski definition) is 2. The summed E-state index contributed by atoms with van der Waals surface area (Å²) in [4.78, 5) is 11.1. The van der Waals surface area contributed by atoms with Crippen LogP contribution in [0.4, 0.5) is 0 Å². The molecule has 3 rings (SSSR count). The first-order valence-corrected chi connectivity index (χ1v) is 7.33. The van der Waals surface area contributed by atoms with Gasteiger partial charge in [-0.05, 0) is 47.9 Å². The van der Waals surface area contributed by atoms with E-state index in [2.05, 4.69) is 28.1 Å². The van der Waals surface area contributed by atoms with E-state index in [9.17, 15) is 4.79 Å². The molecule has 2 aromatic carbocycles. The number of carbonyl (C=O) groups is 1. The predicted octanol–water partition coefficient (Wildman–Crippen LogP) is 4.12. The zero-order chi connectivity index (χ0) is 14.3. The van der Waals surface area contributed by atoms with Crippen LogP contribution in [0.25, 0.3) is 10.8 Å². The molecular formula is C16H15BrO3. The monoisotopic (exact) mass is 334 g/mol. The van der Waals surface area contributed by atoms with Crippen LogP contribution in [0.3, 0.4) is 0 Å². The Morgan fingerprint density at radius 2 is 2.05 bits per heavy atom. The van der Waals surface area contributed by atoms with Gasteiger partial charge in [-0.1, -0.05) is 22.0 Å². The molecule has 0 atom stereocenters. The largest absolute Gasteiger partial charge is 0.496 e. The third-order valence-corrected chi connectivity index (χ3v) is 4.53. The van der Waals surface area contributed by atoms with E-state index in [1.54, 1.807) is 7.11 Å². The van der Waals surface area contributed by atoms with E-state index >= 15 is 0 Å². The summed E-state index contributed by atoms with van der Waals surface area (Å²) in [6, 6.07) is 10.1. The summed E-state index contributed by atoms with van der Waals surface area (Å²) in [5, 5.41) is 11.3. The summed E-state index contributed by atoms with van der Waals surface area (Å²) in [5.41, 5.74) is 0.779. The van der Waals surface area contributed by atoms with Crippen molar-refractivity contribution in [3.8, 4) is 5.75 Å². The smallest absolute Gasteiger partial charge is 0.304 e. The summed E-state index contributed by atoms with van der Waals surface area (Å²) < 4.78 is 6.50. The lowest BCUT2D eigenvalue weighted by Gasteiger charge is -2.18. The molecule has 0 saturated heterocycles. The van der Waals surface area contributed by atoms with Gasteiger partial charge in [0.25, 0.3) is 0 Å². The standard InChI is InChI=1S/C16H15BrO3/c1-20-14-8-10-2-3-12(17)6-11(10)7-13(14)16(4-5-16)9-15(18)19/h2-3,6-8H,4-5,9H2,1H3,(H,18,19). The molecule has 0 spiro atoms. The van der Waals surface area contributed by atoms with Crippen LogP contribution in [0.1, 0.15) is 24.8 Å². The van der Waals surface area contributed by atoms with Gasteiger partial charge in [-0.3, -0.25) is 4.79 Å². The van der Waals surface area contributed by atoms with Crippen molar-refractivity contribution in [3.05, 3.63) is 40.4 Å². The highest BCUT2D eigenvalue weighted by Gasteiger charge is 2.47. The maximum Gasteiger partial charge on any atom is 0.304 e. The second-order valence-corrected chi connectivity index (χ2v) is 6.31. The SMILES string of the molecule is COc1cc2ccc(Br)cc2cc1C1(CC(=O)O)CC1. The minimum absolute atomic E-state index is 0.170. The molecule has 0 amide bonds. The summed E-state index contributed by atoms with van der Waals surface area (Å²) in [5.74, 6) is 0.0393. The summed E-state index contributed by atoms with van der Waals surface area (Å²) in [6.07, 6.45) is 1.99. The van der Waals surface area contributed by atoms with E-state index in [0.717, 1.165) is 39.4 Å². The first-order valence-electron chi connectivity index (χ1n) is 6.54. The Labute approximate surface area is 125 Å². The van der Waals surface area contributed by atoms with Gasteiger partial charge in [-0.15, -0.1) is 0 Å². The number of carboxylic acids is 1. The molecule has 0 radical (unpaired) electrons. The Bertz CT molecular complexity index is 689. The number of methoxy groups -OCH3 is 1. The minimum Gasteiger partial charge on any atom is -0.496 e. The van der Waals surface area contributed by atoms with Gasteiger partial charge < -0.3 is 9.84 Å². The van der Waals surface area contributed by atoms with E-state index in [4.69, 9.17) is 9.84 Å². The highest BCUT2D eigenvalue weighted by molar-refractivity contribution is 9.10. The average Bonchev–Trinajstić information content (AvgIpc) is 3.17. The number of ether oxygens (including phenoxy) is 1. The molecule has 1 saturated carbocycles. The fourth-order valence-electron chi connectivity index (χ4n) is 2.81. The molecule has 0 aliphatic heterocycles. The van der Waals surface area contributed by atoms with Gasteiger partial charge in [-0.2, -0.15) is 0 Å². The Morgan fingerprint density at radius 1 is 1.30 bits per heavy atom. The second-order valence-electron chi connectivity index (χ2n) is 5.39. The summed E-state index contributed by atoms with van der Waals surface area (Å²) in [6.45, 7) is 0. The number of carboxylic acid groups (broad SMARTS) is 1. The molecule has 104 valence electrons. The molecule has 1 N–H and O–H groups in total. The highest BCUT2D eigenvalue weighted by Crippen LogP contribution is 2.54. The number of fused-ring (bicyclic) bond motifs is 1. The molecule has 1 aliphatic carbocycles. The summed E-state index contributed by atoms with van der Waals surface area (Å²) in [7, 11) is 1.64. The van der Waals surface area contributed by atoms with Gasteiger partial charge in [0.05, 0.1) is 13.5 Å². The topological polar surface area (TPSA) is 46.5 Å². The van der Waals surface area contributed by atoms with E-state index in [0.29, 0.717) is 0 Å². The molecule has 4 heteroatoms. The Kier molecular flexibility index (Phi) is 3.21. The van der Waals surface area contributed by atoms with Crippen LogP contribution in [0.5, 0.6) is 5.75 Å². The van der Waals surface area contributed by atoms with Gasteiger partial charge in [0, 0.05) is 15.5 Å². The second kappa shape index (κ2) is 4.77. The molecule has 1 aliphatic rings. The molecule has 2 aromatic rings. The van der Waals surface area contributed by atoms with Crippen molar-refractivity contribution in [3.63, 3.8) is 0 Å². The van der Waals surface area contributed by atoms with Crippen molar-refractivity contribution in [2.45, 2.75) is 24.7 Å². The van der Waals surface area contributed by atoms with E-state index < -0.39 is 5.97 Å². The van der Waals surface area contributed by atoms with Crippen molar-refractivity contribution < 1.29 is 14.6 Å². The van der Waals surface area contributed by atoms with Gasteiger partial charge in [-0.25, -0.2) is 0 Å². The Morgan fingerprint density at radius 3 is 2.65 bits per heavy atom. The van der Waals surface area contributed by atoms with Gasteiger partial charge in [0.1, 0.15) is 5.75 Å². The third kappa shape index (κ3) is 2.29. The molecule has 0 unspecified atom stereocenters. The Balaban J connectivity index is 2.16. The van der Waals surface area contributed by atoms with Crippen LogP contribution >= 0.6 is 15.9 Å². The Hall–Kier alpha value is -1.55. The average molecular weight is 335 g/mol. The van der Waals surface area contributed by atoms with Gasteiger partial charge in [0.15, 0.2) is 0 Å². The quantitative estimate of drug-likeness (QED) is 0.914. The normalized spacial score (nSPS) is 16.1. The molecule has 0 heterocycles. The van der Waals surface area contributed by atoms with Gasteiger partial charge in [0.2, 0.25) is 0 Å². The minimum atomic E-state index is -0.751. The lowest BCUT2D eigenvalue weighted by Crippen LogP contribution is -2.14. The molecule has 0 bridgehead atoms. The van der Waals surface area contributed by atoms with E-state index in [1.165, 1.54) is 0 Å². The molecule has 0 aromatic heterocycles. The van der Waals surface area contributed by atoms with Crippen molar-refractivity contribution >= 4 is 32.7 Å². The fourth-order valence-corrected chi connectivity index (χ4v) is 3.19. The van der Waals surface area contributed by atoms with Crippen LogP contribution in [0, 0.1) is 0 Å². The number of rotatable bonds is 4. The first kappa shape index (κ1) is 13.4. The summed E-state index contributed by atoms with van der Waals surface area (Å²) >= 11 is 3.47. The molecule has 20 heavy (non-hydrogen) atoms. The molecule has 3 nitrogen and oxygen atoms in total. The van der Waals surface area contributed by atoms with Crippen LogP contribution in [-0.2, 0) is 10.2 Å². The number of benzene rings is 2. The first-order chi connectivity index (χ1) is 9.54. The number of halogens is 1. The highest BCUT2D eigenvalue weighted by atomic mass is 79.9. The maximum atomic E-state index is 11.1. The van der Waals surface area contributed by atoms with Gasteiger partial charge >= 0.3 is 5.97 Å². The zero-order valence-corrected chi connectivity index (χ0v) is 12.7. The van der Waals surface area contributed by atoms with E-state index in [-0.39, 0.29) is 11.8 Å². The lowest BCUT2D eigenvalue weighted by molar-refractivity contribution is -0.137. The molecular weight excluding hydrogens is 320 g/mol. The van der Waals surface area contributed by atoms with Crippen LogP contribution in [0.15, 0.2) is 34.8 Å². The van der Waals surface area contributed by atoms with Crippen molar-refractivity contribution in [1.82, 2.24) is 0 Å². The van der Waals surface area contributed by atoms with Crippen LogP contribution in [0.2, 0.25) is 0 Å². The van der Waals surface area contributed by atoms with Crippen molar-refractivity contribution in [1.29, 1.82) is 0 Å². The van der Waals surface area contributed by atoms with Crippen molar-refractivity contribution in [2.24, 2.45) is 0 Å². The zero-order valence-electron chi connectivity index (χ0n) is 11.1. The van der Waals surface area contributed by atoms with Crippen LogP contribution in [-0.4, -0.2) is 18.2 Å². The predicted molar refractivity (Wildman–Crippen MR) is 81.4 cm³/mol. The maximum absolute atomic E-state index is 11.1. The van der Waals surface area contributed by atoms with E-state index in [1.807, 2.05) is 18.2 Å². The number of hydrogen-bond donors (Lipinski definition) is 1.